The third kappa shape index (κ3) is 5.41. The van der Waals surface area contributed by atoms with Gasteiger partial charge in [0.2, 0.25) is 11.8 Å². The average Bonchev–Trinajstić information content (AvgIpc) is 3.29. The molecule has 3 heterocycles. The van der Waals surface area contributed by atoms with Crippen LogP contribution in [0.2, 0.25) is 5.02 Å². The van der Waals surface area contributed by atoms with E-state index in [4.69, 9.17) is 11.6 Å². The molecule has 1 N–H and O–H groups in total. The number of alkyl halides is 2. The van der Waals surface area contributed by atoms with E-state index in [-0.39, 0.29) is 44.2 Å². The zero-order valence-electron chi connectivity index (χ0n) is 22.3. The maximum atomic E-state index is 15.5. The SMILES string of the molecule is O=C1CCC(N2Cc3cc(SC4CCN(C(=O)c5ccccc5-c5ccc(Cl)cc5)CC4(F)F)ccc3C2=O)C(=O)N1. The molecule has 3 aromatic rings. The van der Waals surface area contributed by atoms with Crippen molar-refractivity contribution in [1.29, 1.82) is 0 Å². The number of imide groups is 1. The second-order valence-corrected chi connectivity index (χ2v) is 12.4. The van der Waals surface area contributed by atoms with Crippen LogP contribution in [0.1, 0.15) is 45.5 Å². The third-order valence-electron chi connectivity index (χ3n) is 7.91. The summed E-state index contributed by atoms with van der Waals surface area (Å²) >= 11 is 7.04. The van der Waals surface area contributed by atoms with Crippen LogP contribution in [0.4, 0.5) is 8.78 Å². The molecule has 2 saturated heterocycles. The van der Waals surface area contributed by atoms with Gasteiger partial charge >= 0.3 is 0 Å². The fourth-order valence-electron chi connectivity index (χ4n) is 5.75. The zero-order chi connectivity index (χ0) is 29.6. The highest BCUT2D eigenvalue weighted by Gasteiger charge is 2.47. The minimum Gasteiger partial charge on any atom is -0.333 e. The van der Waals surface area contributed by atoms with E-state index in [1.807, 2.05) is 0 Å². The largest absolute Gasteiger partial charge is 0.333 e. The van der Waals surface area contributed by atoms with E-state index in [1.165, 1.54) is 9.80 Å². The van der Waals surface area contributed by atoms with E-state index in [9.17, 15) is 19.2 Å². The smallest absolute Gasteiger partial charge is 0.277 e. The number of carbonyl (C=O) groups excluding carboxylic acids is 4. The minimum atomic E-state index is -3.15. The van der Waals surface area contributed by atoms with E-state index in [1.54, 1.807) is 66.7 Å². The molecule has 216 valence electrons. The molecular weight excluding hydrogens is 584 g/mol. The molecule has 2 atom stereocenters. The lowest BCUT2D eigenvalue weighted by molar-refractivity contribution is -0.136. The summed E-state index contributed by atoms with van der Waals surface area (Å²) in [5.74, 6) is -4.78. The summed E-state index contributed by atoms with van der Waals surface area (Å²) < 4.78 is 31.0. The lowest BCUT2D eigenvalue weighted by Crippen LogP contribution is -2.52. The maximum absolute atomic E-state index is 15.5. The Balaban J connectivity index is 1.14. The van der Waals surface area contributed by atoms with Gasteiger partial charge in [-0.3, -0.25) is 24.5 Å². The average molecular weight is 610 g/mol. The first kappa shape index (κ1) is 28.4. The van der Waals surface area contributed by atoms with Gasteiger partial charge in [-0.1, -0.05) is 41.9 Å². The van der Waals surface area contributed by atoms with E-state index in [2.05, 4.69) is 5.32 Å². The quantitative estimate of drug-likeness (QED) is 0.391. The first-order chi connectivity index (χ1) is 20.1. The molecule has 0 spiro atoms. The molecule has 2 unspecified atom stereocenters. The van der Waals surface area contributed by atoms with Crippen LogP contribution in [0.5, 0.6) is 0 Å². The molecule has 0 aliphatic carbocycles. The predicted molar refractivity (Wildman–Crippen MR) is 154 cm³/mol. The number of halogens is 3. The summed E-state index contributed by atoms with van der Waals surface area (Å²) in [5.41, 5.74) is 2.86. The Morgan fingerprint density at radius 1 is 0.976 bits per heavy atom. The van der Waals surface area contributed by atoms with Crippen LogP contribution < -0.4 is 5.32 Å². The fourth-order valence-corrected chi connectivity index (χ4v) is 7.03. The van der Waals surface area contributed by atoms with Crippen LogP contribution in [-0.2, 0) is 16.1 Å². The molecule has 3 aromatic carbocycles. The van der Waals surface area contributed by atoms with Crippen molar-refractivity contribution in [2.45, 2.75) is 47.9 Å². The molecular formula is C31H26ClF2N3O4S. The third-order valence-corrected chi connectivity index (χ3v) is 9.55. The molecule has 3 aliphatic heterocycles. The molecule has 4 amide bonds. The highest BCUT2D eigenvalue weighted by Crippen LogP contribution is 2.41. The summed E-state index contributed by atoms with van der Waals surface area (Å²) in [7, 11) is 0. The fraction of sp³-hybridized carbons (Fsp3) is 0.290. The number of hydrogen-bond acceptors (Lipinski definition) is 5. The number of piperidine rings is 2. The number of amides is 4. The van der Waals surface area contributed by atoms with Gasteiger partial charge in [-0.05, 0) is 65.9 Å². The number of nitrogens with one attached hydrogen (secondary N) is 1. The van der Waals surface area contributed by atoms with E-state index < -0.39 is 35.6 Å². The summed E-state index contributed by atoms with van der Waals surface area (Å²) in [5, 5.41) is 1.77. The summed E-state index contributed by atoms with van der Waals surface area (Å²) in [6.45, 7) is -0.357. The number of thioether (sulfide) groups is 1. The van der Waals surface area contributed by atoms with Gasteiger partial charge in [-0.25, -0.2) is 8.78 Å². The second-order valence-electron chi connectivity index (χ2n) is 10.7. The van der Waals surface area contributed by atoms with Crippen molar-refractivity contribution in [2.24, 2.45) is 0 Å². The Bertz CT molecular complexity index is 1600. The van der Waals surface area contributed by atoms with E-state index >= 15 is 8.78 Å². The molecule has 0 radical (unpaired) electrons. The molecule has 0 aromatic heterocycles. The van der Waals surface area contributed by atoms with Crippen molar-refractivity contribution in [3.05, 3.63) is 88.4 Å². The number of benzene rings is 3. The topological polar surface area (TPSA) is 86.8 Å². The van der Waals surface area contributed by atoms with Gasteiger partial charge in [0.15, 0.2) is 0 Å². The second kappa shape index (κ2) is 11.1. The Kier molecular flexibility index (Phi) is 7.53. The molecule has 11 heteroatoms. The van der Waals surface area contributed by atoms with Gasteiger partial charge in [0, 0.05) is 40.6 Å². The normalized spacial score (nSPS) is 21.7. The summed E-state index contributed by atoms with van der Waals surface area (Å²) in [6, 6.07) is 18.2. The van der Waals surface area contributed by atoms with Gasteiger partial charge in [-0.15, -0.1) is 11.8 Å². The van der Waals surface area contributed by atoms with Crippen molar-refractivity contribution < 1.29 is 28.0 Å². The van der Waals surface area contributed by atoms with Gasteiger partial charge in [0.1, 0.15) is 6.04 Å². The Labute approximate surface area is 250 Å². The van der Waals surface area contributed by atoms with E-state index in [0.717, 1.165) is 17.3 Å². The Hall–Kier alpha value is -3.76. The van der Waals surface area contributed by atoms with Crippen LogP contribution in [-0.4, -0.2) is 63.7 Å². The van der Waals surface area contributed by atoms with Crippen molar-refractivity contribution in [1.82, 2.24) is 15.1 Å². The number of carbonyl (C=O) groups is 4. The van der Waals surface area contributed by atoms with Gasteiger partial charge in [0.25, 0.3) is 17.7 Å². The van der Waals surface area contributed by atoms with Gasteiger partial charge in [0.05, 0.1) is 11.8 Å². The van der Waals surface area contributed by atoms with E-state index in [0.29, 0.717) is 32.2 Å². The summed E-state index contributed by atoms with van der Waals surface area (Å²) in [4.78, 5) is 53.5. The molecule has 7 nitrogen and oxygen atoms in total. The van der Waals surface area contributed by atoms with Crippen LogP contribution in [0.3, 0.4) is 0 Å². The molecule has 0 saturated carbocycles. The lowest BCUT2D eigenvalue weighted by atomic mass is 9.97. The van der Waals surface area contributed by atoms with Crippen molar-refractivity contribution in [3.63, 3.8) is 0 Å². The first-order valence-corrected chi connectivity index (χ1v) is 14.8. The molecule has 42 heavy (non-hydrogen) atoms. The minimum absolute atomic E-state index is 0.0882. The molecule has 0 bridgehead atoms. The van der Waals surface area contributed by atoms with Crippen molar-refractivity contribution >= 4 is 47.0 Å². The first-order valence-electron chi connectivity index (χ1n) is 13.6. The predicted octanol–water partition coefficient (Wildman–Crippen LogP) is 5.41. The van der Waals surface area contributed by atoms with Gasteiger partial charge < -0.3 is 9.80 Å². The standard InChI is InChI=1S/C31H26ClF2N3O4S/c32-20-7-5-18(6-8-20)22-3-1-2-4-24(22)29(40)36-14-13-26(31(33,34)17-36)42-21-9-10-23-19(15-21)16-37(30(23)41)25-11-12-27(38)35-28(25)39/h1-10,15,25-26H,11-14,16-17H2,(H,35,38,39). The zero-order valence-corrected chi connectivity index (χ0v) is 23.9. The lowest BCUT2D eigenvalue weighted by Gasteiger charge is -2.38. The highest BCUT2D eigenvalue weighted by molar-refractivity contribution is 8.00. The van der Waals surface area contributed by atoms with Crippen molar-refractivity contribution in [3.8, 4) is 11.1 Å². The number of fused-ring (bicyclic) bond motifs is 1. The van der Waals surface area contributed by atoms with Crippen LogP contribution in [0, 0.1) is 0 Å². The maximum Gasteiger partial charge on any atom is 0.277 e. The monoisotopic (exact) mass is 609 g/mol. The van der Waals surface area contributed by atoms with Crippen LogP contribution >= 0.6 is 23.4 Å². The number of likely N-dealkylation sites (tertiary alicyclic amines) is 1. The highest BCUT2D eigenvalue weighted by atomic mass is 35.5. The number of nitrogens with zero attached hydrogens (tertiary/aromatic N) is 2. The molecule has 6 rings (SSSR count). The number of hydrogen-bond donors (Lipinski definition) is 1. The Morgan fingerprint density at radius 2 is 1.74 bits per heavy atom. The van der Waals surface area contributed by atoms with Crippen molar-refractivity contribution in [2.75, 3.05) is 13.1 Å². The van der Waals surface area contributed by atoms with Gasteiger partial charge in [-0.2, -0.15) is 0 Å². The molecule has 2 fully saturated rings. The van der Waals surface area contributed by atoms with Crippen LogP contribution in [0.15, 0.2) is 71.6 Å². The molecule has 3 aliphatic rings. The van der Waals surface area contributed by atoms with Crippen LogP contribution in [0.25, 0.3) is 11.1 Å². The Morgan fingerprint density at radius 3 is 2.48 bits per heavy atom. The number of rotatable bonds is 5. The summed E-state index contributed by atoms with van der Waals surface area (Å²) in [6.07, 6.45) is 0.491.